The molecule has 1 aromatic heterocycles. The first-order valence-corrected chi connectivity index (χ1v) is 8.57. The molecule has 3 rings (SSSR count). The van der Waals surface area contributed by atoms with Crippen molar-refractivity contribution in [1.29, 1.82) is 0 Å². The van der Waals surface area contributed by atoms with Crippen LogP contribution in [0.15, 0.2) is 57.9 Å². The molecule has 0 spiro atoms. The van der Waals surface area contributed by atoms with Gasteiger partial charge in [-0.15, -0.1) is 24.0 Å². The summed E-state index contributed by atoms with van der Waals surface area (Å²) >= 11 is 0. The topological polar surface area (TPSA) is 69.8 Å². The van der Waals surface area contributed by atoms with Crippen molar-refractivity contribution < 1.29 is 13.9 Å². The third-order valence-electron chi connectivity index (χ3n) is 4.00. The summed E-state index contributed by atoms with van der Waals surface area (Å²) < 4.78 is 19.3. The number of benzene rings is 2. The first-order chi connectivity index (χ1) is 12.6. The summed E-state index contributed by atoms with van der Waals surface area (Å²) in [5, 5.41) is 16.8. The van der Waals surface area contributed by atoms with Crippen LogP contribution in [0.5, 0.6) is 5.75 Å². The molecule has 0 amide bonds. The number of halogens is 2. The van der Waals surface area contributed by atoms with Crippen molar-refractivity contribution in [1.82, 2.24) is 10.6 Å². The first-order valence-electron chi connectivity index (χ1n) is 8.57. The largest absolute Gasteiger partial charge is 0.505 e. The summed E-state index contributed by atoms with van der Waals surface area (Å²) in [7, 11) is 0. The van der Waals surface area contributed by atoms with Crippen molar-refractivity contribution in [3.05, 3.63) is 65.7 Å². The van der Waals surface area contributed by atoms with Crippen molar-refractivity contribution in [3.63, 3.8) is 0 Å². The summed E-state index contributed by atoms with van der Waals surface area (Å²) in [6, 6.07) is 14.0. The Labute approximate surface area is 174 Å². The number of nitrogens with zero attached hydrogens (tertiary/aromatic N) is 1. The highest BCUT2D eigenvalue weighted by Gasteiger charge is 2.13. The van der Waals surface area contributed by atoms with Gasteiger partial charge in [0, 0.05) is 11.9 Å². The van der Waals surface area contributed by atoms with E-state index < -0.39 is 5.82 Å². The molecule has 0 bridgehead atoms. The van der Waals surface area contributed by atoms with Gasteiger partial charge in [0.2, 0.25) is 0 Å². The van der Waals surface area contributed by atoms with Crippen LogP contribution in [0.1, 0.15) is 31.2 Å². The summed E-state index contributed by atoms with van der Waals surface area (Å²) in [5.74, 6) is 0.411. The summed E-state index contributed by atoms with van der Waals surface area (Å²) in [5.41, 5.74) is 1.52. The molecule has 3 aromatic rings. The molecular formula is C20H23FIN3O2. The van der Waals surface area contributed by atoms with Gasteiger partial charge in [0.15, 0.2) is 17.5 Å². The van der Waals surface area contributed by atoms with Gasteiger partial charge in [-0.05, 0) is 43.7 Å². The SMILES string of the molecule is CCNC(=NCc1ccc(O)c(F)c1)NC(C)c1cc2ccccc2o1.I. The monoisotopic (exact) mass is 483 g/mol. The third kappa shape index (κ3) is 5.35. The normalized spacial score (nSPS) is 12.5. The van der Waals surface area contributed by atoms with Gasteiger partial charge in [-0.2, -0.15) is 0 Å². The molecule has 3 N–H and O–H groups in total. The lowest BCUT2D eigenvalue weighted by atomic mass is 10.2. The summed E-state index contributed by atoms with van der Waals surface area (Å²) in [6.45, 7) is 4.95. The van der Waals surface area contributed by atoms with E-state index in [0.717, 1.165) is 16.7 Å². The quantitative estimate of drug-likeness (QED) is 0.279. The number of hydrogen-bond acceptors (Lipinski definition) is 3. The van der Waals surface area contributed by atoms with Crippen LogP contribution >= 0.6 is 24.0 Å². The Kier molecular flexibility index (Phi) is 7.46. The van der Waals surface area contributed by atoms with E-state index in [4.69, 9.17) is 4.42 Å². The average molecular weight is 483 g/mol. The molecular weight excluding hydrogens is 460 g/mol. The highest BCUT2D eigenvalue weighted by molar-refractivity contribution is 14.0. The first kappa shape index (κ1) is 21.0. The molecule has 144 valence electrons. The second-order valence-electron chi connectivity index (χ2n) is 6.03. The zero-order valence-electron chi connectivity index (χ0n) is 15.2. The fourth-order valence-electron chi connectivity index (χ4n) is 2.63. The van der Waals surface area contributed by atoms with E-state index in [0.29, 0.717) is 24.6 Å². The number of furan rings is 1. The molecule has 0 fully saturated rings. The Morgan fingerprint density at radius 2 is 2.00 bits per heavy atom. The molecule has 0 saturated heterocycles. The Bertz CT molecular complexity index is 893. The predicted octanol–water partition coefficient (Wildman–Crippen LogP) is 4.71. The van der Waals surface area contributed by atoms with E-state index in [1.807, 2.05) is 44.2 Å². The molecule has 0 aliphatic heterocycles. The molecule has 1 atom stereocenters. The molecule has 1 heterocycles. The van der Waals surface area contributed by atoms with E-state index in [9.17, 15) is 9.50 Å². The van der Waals surface area contributed by atoms with Crippen LogP contribution in [0.4, 0.5) is 4.39 Å². The fraction of sp³-hybridized carbons (Fsp3) is 0.250. The van der Waals surface area contributed by atoms with Crippen LogP contribution in [0.25, 0.3) is 11.0 Å². The minimum absolute atomic E-state index is 0. The Morgan fingerprint density at radius 1 is 1.22 bits per heavy atom. The third-order valence-corrected chi connectivity index (χ3v) is 4.00. The minimum Gasteiger partial charge on any atom is -0.505 e. The highest BCUT2D eigenvalue weighted by atomic mass is 127. The van der Waals surface area contributed by atoms with E-state index in [1.54, 1.807) is 6.07 Å². The smallest absolute Gasteiger partial charge is 0.192 e. The number of hydrogen-bond donors (Lipinski definition) is 3. The number of aliphatic imine (C=N–C) groups is 1. The highest BCUT2D eigenvalue weighted by Crippen LogP contribution is 2.23. The number of guanidine groups is 1. The second-order valence-corrected chi connectivity index (χ2v) is 6.03. The van der Waals surface area contributed by atoms with Gasteiger partial charge < -0.3 is 20.2 Å². The Hall–Kier alpha value is -2.29. The van der Waals surface area contributed by atoms with Crippen LogP contribution in [0.3, 0.4) is 0 Å². The molecule has 1 unspecified atom stereocenters. The fourth-order valence-corrected chi connectivity index (χ4v) is 2.63. The van der Waals surface area contributed by atoms with Gasteiger partial charge in [-0.3, -0.25) is 0 Å². The van der Waals surface area contributed by atoms with Crippen molar-refractivity contribution in [2.24, 2.45) is 4.99 Å². The molecule has 0 aliphatic carbocycles. The lowest BCUT2D eigenvalue weighted by Crippen LogP contribution is -2.38. The number of fused-ring (bicyclic) bond motifs is 1. The average Bonchev–Trinajstić information content (AvgIpc) is 3.07. The number of para-hydroxylation sites is 1. The lowest BCUT2D eigenvalue weighted by molar-refractivity contribution is 0.432. The number of phenolic OH excluding ortho intramolecular Hbond substituents is 1. The Balaban J connectivity index is 0.00000261. The van der Waals surface area contributed by atoms with Crippen molar-refractivity contribution in [3.8, 4) is 5.75 Å². The van der Waals surface area contributed by atoms with E-state index in [-0.39, 0.29) is 35.8 Å². The zero-order valence-corrected chi connectivity index (χ0v) is 17.5. The van der Waals surface area contributed by atoms with Crippen LogP contribution in [0.2, 0.25) is 0 Å². The van der Waals surface area contributed by atoms with E-state index in [2.05, 4.69) is 15.6 Å². The maximum Gasteiger partial charge on any atom is 0.192 e. The predicted molar refractivity (Wildman–Crippen MR) is 116 cm³/mol. The second kappa shape index (κ2) is 9.59. The lowest BCUT2D eigenvalue weighted by Gasteiger charge is -2.16. The van der Waals surface area contributed by atoms with E-state index >= 15 is 0 Å². The van der Waals surface area contributed by atoms with E-state index in [1.165, 1.54) is 12.1 Å². The van der Waals surface area contributed by atoms with Crippen LogP contribution < -0.4 is 10.6 Å². The minimum atomic E-state index is -0.647. The van der Waals surface area contributed by atoms with Gasteiger partial charge in [-0.1, -0.05) is 24.3 Å². The number of nitrogens with one attached hydrogen (secondary N) is 2. The molecule has 0 radical (unpaired) electrons. The molecule has 7 heteroatoms. The number of aromatic hydroxyl groups is 1. The van der Waals surface area contributed by atoms with Gasteiger partial charge >= 0.3 is 0 Å². The molecule has 5 nitrogen and oxygen atoms in total. The van der Waals surface area contributed by atoms with Crippen molar-refractivity contribution >= 4 is 40.9 Å². The number of rotatable bonds is 5. The van der Waals surface area contributed by atoms with Gasteiger partial charge in [0.25, 0.3) is 0 Å². The molecule has 0 aliphatic rings. The molecule has 27 heavy (non-hydrogen) atoms. The van der Waals surface area contributed by atoms with Gasteiger partial charge in [-0.25, -0.2) is 9.38 Å². The summed E-state index contributed by atoms with van der Waals surface area (Å²) in [6.07, 6.45) is 0. The number of phenols is 1. The molecule has 2 aromatic carbocycles. The van der Waals surface area contributed by atoms with Gasteiger partial charge in [0.05, 0.1) is 12.6 Å². The standard InChI is InChI=1S/C20H22FN3O2.HI/c1-3-22-20(23-12-14-8-9-17(25)16(21)10-14)24-13(2)19-11-15-6-4-5-7-18(15)26-19;/h4-11,13,25H,3,12H2,1-2H3,(H2,22,23,24);1H. The maximum atomic E-state index is 13.4. The zero-order chi connectivity index (χ0) is 18.5. The van der Waals surface area contributed by atoms with Gasteiger partial charge in [0.1, 0.15) is 11.3 Å². The van der Waals surface area contributed by atoms with Crippen molar-refractivity contribution in [2.75, 3.05) is 6.54 Å². The molecule has 0 saturated carbocycles. The van der Waals surface area contributed by atoms with Crippen molar-refractivity contribution in [2.45, 2.75) is 26.4 Å². The summed E-state index contributed by atoms with van der Waals surface area (Å²) in [4.78, 5) is 4.48. The van der Waals surface area contributed by atoms with Crippen LogP contribution in [0, 0.1) is 5.82 Å². The van der Waals surface area contributed by atoms with Crippen LogP contribution in [-0.4, -0.2) is 17.6 Å². The maximum absolute atomic E-state index is 13.4. The Morgan fingerprint density at radius 3 is 2.70 bits per heavy atom. The van der Waals surface area contributed by atoms with Crippen LogP contribution in [-0.2, 0) is 6.54 Å².